The summed E-state index contributed by atoms with van der Waals surface area (Å²) in [5.41, 5.74) is 0. The molecule has 0 aromatic rings. The maximum Gasteiger partial charge on any atom is 0.220 e. The zero-order chi connectivity index (χ0) is 40.0. The highest BCUT2D eigenvalue weighted by molar-refractivity contribution is 5.76. The highest BCUT2D eigenvalue weighted by atomic mass is 16.3. The van der Waals surface area contributed by atoms with Crippen LogP contribution in [-0.2, 0) is 4.79 Å². The van der Waals surface area contributed by atoms with Crippen LogP contribution in [0.3, 0.4) is 0 Å². The van der Waals surface area contributed by atoms with Crippen LogP contribution in [0, 0.1) is 0 Å². The van der Waals surface area contributed by atoms with E-state index in [0.29, 0.717) is 6.42 Å². The first-order valence-corrected chi connectivity index (χ1v) is 24.0. The average Bonchev–Trinajstić information content (AvgIpc) is 3.19. The molecule has 0 rings (SSSR count). The van der Waals surface area contributed by atoms with Gasteiger partial charge in [0.25, 0.3) is 0 Å². The monoisotopic (exact) mass is 768 g/mol. The van der Waals surface area contributed by atoms with Gasteiger partial charge >= 0.3 is 0 Å². The van der Waals surface area contributed by atoms with Gasteiger partial charge in [-0.3, -0.25) is 4.79 Å². The molecule has 320 valence electrons. The van der Waals surface area contributed by atoms with Crippen LogP contribution in [0.15, 0.2) is 60.8 Å². The van der Waals surface area contributed by atoms with E-state index >= 15 is 0 Å². The predicted molar refractivity (Wildman–Crippen MR) is 244 cm³/mol. The number of aliphatic hydroxyl groups is 2. The molecule has 0 aromatic heterocycles. The minimum atomic E-state index is -0.874. The predicted octanol–water partition coefficient (Wildman–Crippen LogP) is 15.3. The lowest BCUT2D eigenvalue weighted by molar-refractivity contribution is -0.123. The molecule has 2 atom stereocenters. The van der Waals surface area contributed by atoms with E-state index in [4.69, 9.17) is 0 Å². The third kappa shape index (κ3) is 43.1. The Morgan fingerprint density at radius 3 is 1.16 bits per heavy atom. The molecular formula is C51H93NO3. The van der Waals surface area contributed by atoms with E-state index in [-0.39, 0.29) is 12.5 Å². The maximum atomic E-state index is 12.4. The molecule has 0 aliphatic carbocycles. The van der Waals surface area contributed by atoms with Gasteiger partial charge in [0.2, 0.25) is 5.91 Å². The summed E-state index contributed by atoms with van der Waals surface area (Å²) < 4.78 is 0. The van der Waals surface area contributed by atoms with E-state index < -0.39 is 12.1 Å². The van der Waals surface area contributed by atoms with Crippen LogP contribution in [-0.4, -0.2) is 34.9 Å². The highest BCUT2D eigenvalue weighted by Crippen LogP contribution is 2.14. The summed E-state index contributed by atoms with van der Waals surface area (Å²) in [7, 11) is 0. The second-order valence-corrected chi connectivity index (χ2v) is 16.2. The third-order valence-corrected chi connectivity index (χ3v) is 10.7. The molecule has 0 radical (unpaired) electrons. The summed E-state index contributed by atoms with van der Waals surface area (Å²) in [6, 6.07) is -0.650. The molecule has 0 spiro atoms. The van der Waals surface area contributed by atoms with E-state index in [2.05, 4.69) is 67.8 Å². The molecule has 0 fully saturated rings. The fraction of sp³-hybridized carbons (Fsp3) is 0.784. The van der Waals surface area contributed by atoms with Gasteiger partial charge in [-0.15, -0.1) is 0 Å². The van der Waals surface area contributed by atoms with Crippen LogP contribution in [0.1, 0.15) is 239 Å². The van der Waals surface area contributed by atoms with Crippen LogP contribution >= 0.6 is 0 Å². The molecule has 55 heavy (non-hydrogen) atoms. The minimum absolute atomic E-state index is 0.0829. The standard InChI is InChI=1S/C51H93NO3/c1-3-5-7-9-11-13-15-17-19-21-23-25-27-28-30-32-34-36-38-40-42-44-46-50(54)49(48-53)52-51(55)47-45-43-41-39-37-35-33-31-29-26-24-22-20-18-16-14-12-10-8-6-4-2/h16,18,22,24,28,30,36,38,44,46,49-50,53-54H,3-15,17,19-21,23,25-27,29,31-35,37,39-43,45,47-48H2,1-2H3,(H,52,55)/b18-16-,24-22-,30-28+,38-36+,46-44+. The van der Waals surface area contributed by atoms with E-state index in [9.17, 15) is 15.0 Å². The van der Waals surface area contributed by atoms with Gasteiger partial charge in [-0.25, -0.2) is 0 Å². The number of hydrogen-bond donors (Lipinski definition) is 3. The van der Waals surface area contributed by atoms with Crippen LogP contribution < -0.4 is 5.32 Å². The molecule has 3 N–H and O–H groups in total. The number of carbonyl (C=O) groups is 1. The van der Waals surface area contributed by atoms with Crippen molar-refractivity contribution < 1.29 is 15.0 Å². The quantitative estimate of drug-likeness (QED) is 0.0427. The first-order chi connectivity index (χ1) is 27.2. The van der Waals surface area contributed by atoms with Crippen molar-refractivity contribution in [3.63, 3.8) is 0 Å². The number of unbranched alkanes of at least 4 members (excludes halogenated alkanes) is 28. The van der Waals surface area contributed by atoms with Gasteiger partial charge in [0.15, 0.2) is 0 Å². The van der Waals surface area contributed by atoms with Gasteiger partial charge < -0.3 is 15.5 Å². The second kappa shape index (κ2) is 46.5. The number of carbonyl (C=O) groups excluding carboxylic acids is 1. The van der Waals surface area contributed by atoms with E-state index in [0.717, 1.165) is 44.9 Å². The Morgan fingerprint density at radius 2 is 0.764 bits per heavy atom. The van der Waals surface area contributed by atoms with Crippen molar-refractivity contribution in [2.24, 2.45) is 0 Å². The Kier molecular flexibility index (Phi) is 44.9. The van der Waals surface area contributed by atoms with Gasteiger partial charge in [0, 0.05) is 6.42 Å². The third-order valence-electron chi connectivity index (χ3n) is 10.7. The molecule has 0 heterocycles. The highest BCUT2D eigenvalue weighted by Gasteiger charge is 2.17. The molecule has 0 aliphatic heterocycles. The Hall–Kier alpha value is -1.91. The molecule has 4 nitrogen and oxygen atoms in total. The molecule has 0 bridgehead atoms. The Morgan fingerprint density at radius 1 is 0.436 bits per heavy atom. The molecule has 0 aromatic carbocycles. The number of amides is 1. The molecule has 1 amide bonds. The van der Waals surface area contributed by atoms with Gasteiger partial charge in [-0.1, -0.05) is 216 Å². The van der Waals surface area contributed by atoms with Crippen molar-refractivity contribution in [3.05, 3.63) is 60.8 Å². The lowest BCUT2D eigenvalue weighted by Gasteiger charge is -2.19. The minimum Gasteiger partial charge on any atom is -0.394 e. The average molecular weight is 768 g/mol. The smallest absolute Gasteiger partial charge is 0.220 e. The normalized spacial score (nSPS) is 13.5. The fourth-order valence-corrected chi connectivity index (χ4v) is 7.00. The summed E-state index contributed by atoms with van der Waals surface area (Å²) >= 11 is 0. The van der Waals surface area contributed by atoms with Crippen molar-refractivity contribution in [2.75, 3.05) is 6.61 Å². The Balaban J connectivity index is 3.64. The summed E-state index contributed by atoms with van der Waals surface area (Å²) in [6.45, 7) is 4.29. The van der Waals surface area contributed by atoms with E-state index in [1.54, 1.807) is 6.08 Å². The van der Waals surface area contributed by atoms with Crippen molar-refractivity contribution in [1.29, 1.82) is 0 Å². The molecular weight excluding hydrogens is 675 g/mol. The summed E-state index contributed by atoms with van der Waals surface area (Å²) in [5.74, 6) is -0.0829. The van der Waals surface area contributed by atoms with Gasteiger partial charge in [-0.2, -0.15) is 0 Å². The lowest BCUT2D eigenvalue weighted by Crippen LogP contribution is -2.45. The fourth-order valence-electron chi connectivity index (χ4n) is 7.00. The Labute approximate surface area is 343 Å². The number of nitrogens with one attached hydrogen (secondary N) is 1. The topological polar surface area (TPSA) is 69.6 Å². The molecule has 2 unspecified atom stereocenters. The largest absolute Gasteiger partial charge is 0.394 e. The van der Waals surface area contributed by atoms with Crippen molar-refractivity contribution >= 4 is 5.91 Å². The number of rotatable bonds is 43. The van der Waals surface area contributed by atoms with Crippen LogP contribution in [0.25, 0.3) is 0 Å². The zero-order valence-electron chi connectivity index (χ0n) is 36.7. The lowest BCUT2D eigenvalue weighted by atomic mass is 10.0. The second-order valence-electron chi connectivity index (χ2n) is 16.2. The molecule has 4 heteroatoms. The first-order valence-electron chi connectivity index (χ1n) is 24.0. The van der Waals surface area contributed by atoms with Crippen molar-refractivity contribution in [3.8, 4) is 0 Å². The van der Waals surface area contributed by atoms with Gasteiger partial charge in [-0.05, 0) is 77.0 Å². The SMILES string of the molecule is CCCCCCC/C=C\C/C=C\CCCCCCCCCCCC(=O)NC(CO)C(O)/C=C/CC/C=C/CC/C=C/CCCCCCCCCCCCCC. The van der Waals surface area contributed by atoms with Gasteiger partial charge in [0.1, 0.15) is 0 Å². The van der Waals surface area contributed by atoms with Crippen LogP contribution in [0.2, 0.25) is 0 Å². The van der Waals surface area contributed by atoms with Crippen molar-refractivity contribution in [2.45, 2.75) is 251 Å². The van der Waals surface area contributed by atoms with E-state index in [1.165, 1.54) is 173 Å². The molecule has 0 saturated carbocycles. The summed E-state index contributed by atoms with van der Waals surface area (Å²) in [5, 5.41) is 23.0. The summed E-state index contributed by atoms with van der Waals surface area (Å²) in [4.78, 5) is 12.4. The molecule has 0 aliphatic rings. The van der Waals surface area contributed by atoms with Crippen LogP contribution in [0.4, 0.5) is 0 Å². The van der Waals surface area contributed by atoms with Gasteiger partial charge in [0.05, 0.1) is 18.8 Å². The van der Waals surface area contributed by atoms with E-state index in [1.807, 2.05) is 6.08 Å². The number of aliphatic hydroxyl groups excluding tert-OH is 2. The maximum absolute atomic E-state index is 12.4. The number of allylic oxidation sites excluding steroid dienone is 9. The van der Waals surface area contributed by atoms with Crippen LogP contribution in [0.5, 0.6) is 0 Å². The number of hydrogen-bond acceptors (Lipinski definition) is 3. The first kappa shape index (κ1) is 53.1. The summed E-state index contributed by atoms with van der Waals surface area (Å²) in [6.07, 6.45) is 64.8. The Bertz CT molecular complexity index is 919. The molecule has 0 saturated heterocycles. The van der Waals surface area contributed by atoms with Crippen molar-refractivity contribution in [1.82, 2.24) is 5.32 Å². The zero-order valence-corrected chi connectivity index (χ0v) is 36.7.